The molecule has 3 aromatic rings. The number of hydrogen-bond donors (Lipinski definition) is 1. The minimum Gasteiger partial charge on any atom is -0.344 e. The van der Waals surface area contributed by atoms with Crippen molar-refractivity contribution in [2.75, 3.05) is 5.32 Å². The maximum Gasteiger partial charge on any atom is 0.231 e. The Labute approximate surface area is 163 Å². The van der Waals surface area contributed by atoms with Crippen LogP contribution in [0.1, 0.15) is 52.6 Å². The molecule has 2 heterocycles. The highest BCUT2D eigenvalue weighted by atomic mass is 16.1. The molecule has 0 spiro atoms. The maximum atomic E-state index is 12.7. The van der Waals surface area contributed by atoms with E-state index in [-0.39, 0.29) is 18.1 Å². The van der Waals surface area contributed by atoms with Crippen molar-refractivity contribution in [3.63, 3.8) is 0 Å². The van der Waals surface area contributed by atoms with E-state index >= 15 is 0 Å². The van der Waals surface area contributed by atoms with E-state index in [9.17, 15) is 9.59 Å². The zero-order valence-electron chi connectivity index (χ0n) is 16.1. The summed E-state index contributed by atoms with van der Waals surface area (Å²) in [6.07, 6.45) is 5.11. The molecule has 0 bridgehead atoms. The van der Waals surface area contributed by atoms with Crippen LogP contribution in [0.5, 0.6) is 0 Å². The monoisotopic (exact) mass is 377 g/mol. The van der Waals surface area contributed by atoms with Crippen molar-refractivity contribution in [2.45, 2.75) is 38.6 Å². The van der Waals surface area contributed by atoms with Gasteiger partial charge in [-0.1, -0.05) is 29.8 Å². The van der Waals surface area contributed by atoms with E-state index in [1.807, 2.05) is 37.3 Å². The smallest absolute Gasteiger partial charge is 0.231 e. The van der Waals surface area contributed by atoms with Crippen LogP contribution in [0.4, 0.5) is 5.82 Å². The van der Waals surface area contributed by atoms with Crippen LogP contribution in [0.2, 0.25) is 0 Å². The van der Waals surface area contributed by atoms with Gasteiger partial charge >= 0.3 is 0 Å². The summed E-state index contributed by atoms with van der Waals surface area (Å²) in [5.74, 6) is 0.218. The first-order chi connectivity index (χ1) is 13.5. The van der Waals surface area contributed by atoms with Gasteiger partial charge in [-0.25, -0.2) is 0 Å². The summed E-state index contributed by atoms with van der Waals surface area (Å²) >= 11 is 0. The molecule has 0 aliphatic heterocycles. The molecule has 1 amide bonds. The van der Waals surface area contributed by atoms with Gasteiger partial charge < -0.3 is 9.88 Å². The van der Waals surface area contributed by atoms with Crippen LogP contribution in [0.15, 0.2) is 42.6 Å². The Hall–Kier alpha value is -3.22. The number of carbonyl (C=O) groups excluding carboxylic acids is 2. The van der Waals surface area contributed by atoms with Crippen molar-refractivity contribution in [2.24, 2.45) is 7.05 Å². The number of nitrogens with zero attached hydrogens (tertiary/aromatic N) is 4. The number of aromatic nitrogens is 4. The summed E-state index contributed by atoms with van der Waals surface area (Å²) in [5.41, 5.74) is 3.06. The van der Waals surface area contributed by atoms with E-state index in [1.54, 1.807) is 28.7 Å². The van der Waals surface area contributed by atoms with E-state index in [0.29, 0.717) is 23.1 Å². The SMILES string of the molecule is Cc1ccc(C(=O)c2ccc(CC(=O)Nc3cnn(C4CCC4)n3)n2C)cc1. The number of anilines is 1. The predicted octanol–water partition coefficient (Wildman–Crippen LogP) is 3.06. The molecule has 0 atom stereocenters. The number of carbonyl (C=O) groups is 2. The number of rotatable bonds is 6. The van der Waals surface area contributed by atoms with E-state index in [4.69, 9.17) is 0 Å². The Morgan fingerprint density at radius 2 is 1.89 bits per heavy atom. The maximum absolute atomic E-state index is 12.7. The first kappa shape index (κ1) is 18.2. The van der Waals surface area contributed by atoms with Crippen molar-refractivity contribution in [1.82, 2.24) is 19.6 Å². The first-order valence-corrected chi connectivity index (χ1v) is 9.49. The molecular formula is C21H23N5O2. The lowest BCUT2D eigenvalue weighted by atomic mass is 9.94. The van der Waals surface area contributed by atoms with Crippen molar-refractivity contribution in [3.8, 4) is 0 Å². The summed E-state index contributed by atoms with van der Waals surface area (Å²) in [6.45, 7) is 1.98. The van der Waals surface area contributed by atoms with E-state index in [1.165, 1.54) is 6.42 Å². The third kappa shape index (κ3) is 3.60. The average molecular weight is 377 g/mol. The predicted molar refractivity (Wildman–Crippen MR) is 105 cm³/mol. The Morgan fingerprint density at radius 3 is 2.57 bits per heavy atom. The second kappa shape index (κ2) is 7.42. The summed E-state index contributed by atoms with van der Waals surface area (Å²) < 4.78 is 1.77. The standard InChI is InChI=1S/C21H23N5O2/c1-14-6-8-15(9-7-14)21(28)18-11-10-17(25(18)2)12-20(27)23-19-13-22-26(24-19)16-4-3-5-16/h6-11,13,16H,3-5,12H2,1-2H3,(H,23,24,27). The van der Waals surface area contributed by atoms with Crippen molar-refractivity contribution < 1.29 is 9.59 Å². The molecular weight excluding hydrogens is 354 g/mol. The van der Waals surface area contributed by atoms with Crippen molar-refractivity contribution >= 4 is 17.5 Å². The fraction of sp³-hybridized carbons (Fsp3) is 0.333. The molecule has 2 aromatic heterocycles. The zero-order chi connectivity index (χ0) is 19.7. The van der Waals surface area contributed by atoms with E-state index in [2.05, 4.69) is 15.5 Å². The summed E-state index contributed by atoms with van der Waals surface area (Å²) in [4.78, 5) is 26.8. The Kier molecular flexibility index (Phi) is 4.81. The number of benzene rings is 1. The van der Waals surface area contributed by atoms with Gasteiger partial charge in [0.2, 0.25) is 11.7 Å². The second-order valence-corrected chi connectivity index (χ2v) is 7.32. The fourth-order valence-electron chi connectivity index (χ4n) is 3.29. The number of aryl methyl sites for hydroxylation is 1. The van der Waals surface area contributed by atoms with Gasteiger partial charge in [0, 0.05) is 18.3 Å². The highest BCUT2D eigenvalue weighted by Crippen LogP contribution is 2.30. The highest BCUT2D eigenvalue weighted by molar-refractivity contribution is 6.08. The largest absolute Gasteiger partial charge is 0.344 e. The molecule has 0 unspecified atom stereocenters. The molecule has 1 fully saturated rings. The van der Waals surface area contributed by atoms with Crippen LogP contribution >= 0.6 is 0 Å². The van der Waals surface area contributed by atoms with Gasteiger partial charge in [0.25, 0.3) is 0 Å². The van der Waals surface area contributed by atoms with E-state index < -0.39 is 0 Å². The van der Waals surface area contributed by atoms with Crippen LogP contribution in [0.25, 0.3) is 0 Å². The molecule has 7 heteroatoms. The fourth-order valence-corrected chi connectivity index (χ4v) is 3.29. The lowest BCUT2D eigenvalue weighted by molar-refractivity contribution is -0.115. The van der Waals surface area contributed by atoms with Gasteiger partial charge in [-0.3, -0.25) is 9.59 Å². The summed E-state index contributed by atoms with van der Waals surface area (Å²) in [7, 11) is 1.80. The Balaban J connectivity index is 1.42. The van der Waals surface area contributed by atoms with Gasteiger partial charge in [0.05, 0.1) is 24.4 Å². The summed E-state index contributed by atoms with van der Waals surface area (Å²) in [6, 6.07) is 11.4. The van der Waals surface area contributed by atoms with Crippen molar-refractivity contribution in [3.05, 3.63) is 65.1 Å². The number of nitrogens with one attached hydrogen (secondary N) is 1. The van der Waals surface area contributed by atoms with Crippen LogP contribution in [-0.4, -0.2) is 31.3 Å². The molecule has 1 aliphatic rings. The van der Waals surface area contributed by atoms with E-state index in [0.717, 1.165) is 24.1 Å². The molecule has 0 saturated heterocycles. The van der Waals surface area contributed by atoms with Crippen LogP contribution < -0.4 is 5.32 Å². The van der Waals surface area contributed by atoms with Gasteiger partial charge in [0.1, 0.15) is 0 Å². The molecule has 1 saturated carbocycles. The van der Waals surface area contributed by atoms with Gasteiger partial charge in [-0.2, -0.15) is 9.90 Å². The average Bonchev–Trinajstić information content (AvgIpc) is 3.21. The normalized spacial score (nSPS) is 13.9. The Morgan fingerprint density at radius 1 is 1.14 bits per heavy atom. The number of hydrogen-bond acceptors (Lipinski definition) is 4. The molecule has 7 nitrogen and oxygen atoms in total. The Bertz CT molecular complexity index is 1010. The number of ketones is 1. The molecule has 1 aliphatic carbocycles. The molecule has 1 aromatic carbocycles. The van der Waals surface area contributed by atoms with Crippen LogP contribution in [-0.2, 0) is 18.3 Å². The molecule has 144 valence electrons. The topological polar surface area (TPSA) is 81.8 Å². The number of amides is 1. The molecule has 1 N–H and O–H groups in total. The van der Waals surface area contributed by atoms with Crippen molar-refractivity contribution in [1.29, 1.82) is 0 Å². The molecule has 28 heavy (non-hydrogen) atoms. The van der Waals surface area contributed by atoms with Crippen LogP contribution in [0, 0.1) is 6.92 Å². The minimum absolute atomic E-state index is 0.0578. The minimum atomic E-state index is -0.184. The quantitative estimate of drug-likeness (QED) is 0.670. The first-order valence-electron chi connectivity index (χ1n) is 9.49. The van der Waals surface area contributed by atoms with Gasteiger partial charge in [-0.05, 0) is 38.3 Å². The second-order valence-electron chi connectivity index (χ2n) is 7.32. The van der Waals surface area contributed by atoms with Gasteiger partial charge in [-0.15, -0.1) is 5.10 Å². The third-order valence-corrected chi connectivity index (χ3v) is 5.29. The van der Waals surface area contributed by atoms with Gasteiger partial charge in [0.15, 0.2) is 5.82 Å². The lowest BCUT2D eigenvalue weighted by Crippen LogP contribution is -2.20. The molecule has 0 radical (unpaired) electrons. The highest BCUT2D eigenvalue weighted by Gasteiger charge is 2.22. The zero-order valence-corrected chi connectivity index (χ0v) is 16.1. The third-order valence-electron chi connectivity index (χ3n) is 5.29. The lowest BCUT2D eigenvalue weighted by Gasteiger charge is -2.23. The molecule has 4 rings (SSSR count). The van der Waals surface area contributed by atoms with Crippen LogP contribution in [0.3, 0.4) is 0 Å². The summed E-state index contributed by atoms with van der Waals surface area (Å²) in [5, 5.41) is 11.3.